The number of aromatic nitrogens is 3. The third kappa shape index (κ3) is 31.9. The van der Waals surface area contributed by atoms with E-state index in [-0.39, 0.29) is 65.6 Å². The van der Waals surface area contributed by atoms with E-state index in [1.165, 1.54) is 0 Å². The van der Waals surface area contributed by atoms with Crippen molar-refractivity contribution in [1.29, 1.82) is 0 Å². The largest absolute Gasteiger partial charge is 0.461 e. The molecule has 5 N–H and O–H groups in total. The van der Waals surface area contributed by atoms with Crippen LogP contribution in [0.3, 0.4) is 0 Å². The van der Waals surface area contributed by atoms with E-state index in [0.29, 0.717) is 87.3 Å². The minimum atomic E-state index is -0.858. The van der Waals surface area contributed by atoms with Gasteiger partial charge in [-0.2, -0.15) is 0 Å². The number of benzene rings is 1. The lowest BCUT2D eigenvalue weighted by Crippen LogP contribution is -2.44. The number of nitrogens with two attached hydrogens (primary N) is 1. The Morgan fingerprint density at radius 2 is 1.46 bits per heavy atom. The predicted octanol–water partition coefficient (Wildman–Crippen LogP) is 7.37. The number of nitrogens with zero attached hydrogens (tertiary/aromatic N) is 4. The molecule has 1 heterocycles. The molecule has 2 aromatic rings. The van der Waals surface area contributed by atoms with Gasteiger partial charge in [0.15, 0.2) is 12.4 Å². The summed E-state index contributed by atoms with van der Waals surface area (Å²) >= 11 is 3.49. The number of carbonyl (C=O) groups is 5. The van der Waals surface area contributed by atoms with E-state index in [4.69, 9.17) is 29.5 Å². The van der Waals surface area contributed by atoms with Gasteiger partial charge in [-0.1, -0.05) is 98.7 Å². The van der Waals surface area contributed by atoms with E-state index < -0.39 is 35.8 Å². The highest BCUT2D eigenvalue weighted by Gasteiger charge is 2.29. The number of oxime groups is 1. The van der Waals surface area contributed by atoms with Crippen LogP contribution in [0, 0.1) is 17.3 Å². The van der Waals surface area contributed by atoms with Crippen molar-refractivity contribution in [2.45, 2.75) is 150 Å². The van der Waals surface area contributed by atoms with Gasteiger partial charge in [-0.05, 0) is 54.7 Å². The number of anilines is 1. The summed E-state index contributed by atoms with van der Waals surface area (Å²) in [6, 6.07) is 5.30. The highest BCUT2D eigenvalue weighted by molar-refractivity contribution is 8.02. The first-order valence-electron chi connectivity index (χ1n) is 24.4. The van der Waals surface area contributed by atoms with Gasteiger partial charge in [0, 0.05) is 64.8 Å². The van der Waals surface area contributed by atoms with Crippen LogP contribution in [0.1, 0.15) is 126 Å². The Morgan fingerprint density at radius 1 is 0.843 bits per heavy atom. The summed E-state index contributed by atoms with van der Waals surface area (Å²) in [5.41, 5.74) is 8.18. The van der Waals surface area contributed by atoms with E-state index in [1.54, 1.807) is 58.7 Å². The average molecular weight is 1020 g/mol. The molecule has 1 aromatic carbocycles. The lowest BCUT2D eigenvalue weighted by molar-refractivity contribution is -0.145. The quantitative estimate of drug-likeness (QED) is 0.0228. The second-order valence-corrected chi connectivity index (χ2v) is 24.4. The molecule has 0 fully saturated rings. The number of rotatable bonds is 35. The highest BCUT2D eigenvalue weighted by atomic mass is 32.2. The molecule has 20 heteroatoms. The van der Waals surface area contributed by atoms with E-state index in [1.807, 2.05) is 13.8 Å². The van der Waals surface area contributed by atoms with Gasteiger partial charge in [0.25, 0.3) is 5.91 Å². The molecule has 0 aliphatic heterocycles. The van der Waals surface area contributed by atoms with Crippen LogP contribution in [0.25, 0.3) is 0 Å². The smallest absolute Gasteiger partial charge is 0.312 e. The molecule has 0 unspecified atom stereocenters. The number of thioether (sulfide) groups is 2. The molecule has 0 saturated heterocycles. The fourth-order valence-corrected chi connectivity index (χ4v) is 7.80. The Kier molecular flexibility index (Phi) is 28.9. The fourth-order valence-electron chi connectivity index (χ4n) is 6.16. The summed E-state index contributed by atoms with van der Waals surface area (Å²) in [5.74, 6) is -0.999. The number of nitrogens with one attached hydrogen (secondary N) is 3. The highest BCUT2D eigenvalue weighted by Crippen LogP contribution is 2.27. The van der Waals surface area contributed by atoms with E-state index in [0.717, 1.165) is 18.7 Å². The molecule has 2 rings (SSSR count). The number of urea groups is 1. The van der Waals surface area contributed by atoms with Crippen LogP contribution in [-0.4, -0.2) is 130 Å². The summed E-state index contributed by atoms with van der Waals surface area (Å²) in [6.45, 7) is 26.8. The van der Waals surface area contributed by atoms with Gasteiger partial charge < -0.3 is 45.5 Å². The molecule has 2 atom stereocenters. The average Bonchev–Trinajstić information content (AvgIpc) is 3.72. The number of amides is 4. The molecule has 4 amide bonds. The molecule has 70 heavy (non-hydrogen) atoms. The number of primary amides is 1. The molecule has 18 nitrogen and oxygen atoms in total. The lowest BCUT2D eigenvalue weighted by Gasteiger charge is -2.23. The molecule has 0 saturated carbocycles. The van der Waals surface area contributed by atoms with Crippen molar-refractivity contribution in [2.75, 3.05) is 69.6 Å². The molecule has 0 aliphatic rings. The number of aryl methyl sites for hydroxylation is 1. The number of carbonyl (C=O) groups excluding carboxylic acids is 5. The predicted molar refractivity (Wildman–Crippen MR) is 279 cm³/mol. The van der Waals surface area contributed by atoms with Gasteiger partial charge in [-0.15, -0.1) is 28.6 Å². The Labute approximate surface area is 425 Å². The Bertz CT molecular complexity index is 1870. The van der Waals surface area contributed by atoms with E-state index >= 15 is 0 Å². The van der Waals surface area contributed by atoms with Gasteiger partial charge in [-0.25, -0.2) is 9.48 Å². The van der Waals surface area contributed by atoms with Gasteiger partial charge in [0.1, 0.15) is 6.61 Å². The second kappa shape index (κ2) is 32.7. The second-order valence-electron chi connectivity index (χ2n) is 20.8. The zero-order valence-corrected chi connectivity index (χ0v) is 45.5. The van der Waals surface area contributed by atoms with E-state index in [2.05, 4.69) is 93.7 Å². The van der Waals surface area contributed by atoms with E-state index in [9.17, 15) is 24.0 Å². The van der Waals surface area contributed by atoms with Crippen molar-refractivity contribution >= 4 is 64.5 Å². The number of hydrogen-bond acceptors (Lipinski definition) is 15. The number of ether oxygens (including phenoxy) is 4. The normalized spacial score (nSPS) is 12.8. The molecular formula is C50H84N8O10S2. The summed E-state index contributed by atoms with van der Waals surface area (Å²) in [6.07, 6.45) is 4.12. The van der Waals surface area contributed by atoms with Gasteiger partial charge in [0.2, 0.25) is 5.91 Å². The minimum absolute atomic E-state index is 0.0239. The first-order valence-corrected chi connectivity index (χ1v) is 26.3. The summed E-state index contributed by atoms with van der Waals surface area (Å²) < 4.78 is 24.0. The first kappa shape index (κ1) is 61.9. The van der Waals surface area contributed by atoms with Crippen molar-refractivity contribution in [3.05, 3.63) is 41.7 Å². The van der Waals surface area contributed by atoms with Crippen LogP contribution in [0.5, 0.6) is 0 Å². The van der Waals surface area contributed by atoms with Crippen LogP contribution in [-0.2, 0) is 62.5 Å². The number of ketones is 1. The van der Waals surface area contributed by atoms with Crippen molar-refractivity contribution in [2.24, 2.45) is 28.1 Å². The summed E-state index contributed by atoms with van der Waals surface area (Å²) in [4.78, 5) is 70.2. The zero-order valence-electron chi connectivity index (χ0n) is 43.8. The molecular weight excluding hydrogens is 937 g/mol. The first-order chi connectivity index (χ1) is 32.9. The van der Waals surface area contributed by atoms with Crippen LogP contribution in [0.4, 0.5) is 10.5 Å². The maximum Gasteiger partial charge on any atom is 0.312 e. The molecule has 0 spiro atoms. The van der Waals surface area contributed by atoms with Crippen LogP contribution >= 0.6 is 23.5 Å². The van der Waals surface area contributed by atoms with Gasteiger partial charge >= 0.3 is 12.0 Å². The summed E-state index contributed by atoms with van der Waals surface area (Å²) in [5, 5.41) is 20.8. The zero-order chi connectivity index (χ0) is 52.2. The maximum absolute atomic E-state index is 13.9. The minimum Gasteiger partial charge on any atom is -0.461 e. The monoisotopic (exact) mass is 1020 g/mol. The van der Waals surface area contributed by atoms with Crippen LogP contribution in [0.15, 0.2) is 35.6 Å². The topological polar surface area (TPSA) is 237 Å². The summed E-state index contributed by atoms with van der Waals surface area (Å²) in [7, 11) is 0. The molecule has 0 aliphatic carbocycles. The number of Topliss-reactive ketones (excluding diaryl/α,β-unsaturated/α-hetero) is 1. The molecule has 0 bridgehead atoms. The Morgan fingerprint density at radius 3 is 2.04 bits per heavy atom. The lowest BCUT2D eigenvalue weighted by atomic mass is 9.90. The Hall–Kier alpha value is -4.24. The molecule has 396 valence electrons. The Balaban J connectivity index is 1.88. The third-order valence-corrected chi connectivity index (χ3v) is 12.7. The fraction of sp³-hybridized carbons (Fsp3) is 0.720. The van der Waals surface area contributed by atoms with Crippen LogP contribution in [0.2, 0.25) is 0 Å². The van der Waals surface area contributed by atoms with Crippen LogP contribution < -0.4 is 21.7 Å². The number of hydrogen-bond donors (Lipinski definition) is 4. The van der Waals surface area contributed by atoms with Gasteiger partial charge in [-0.3, -0.25) is 19.2 Å². The van der Waals surface area contributed by atoms with Crippen molar-refractivity contribution in [1.82, 2.24) is 25.6 Å². The van der Waals surface area contributed by atoms with Gasteiger partial charge in [0.05, 0.1) is 63.4 Å². The standard InChI is InChI=1S/C50H84N8O10S2/c1-36(2)29-42(54-44(60)33-68-56-41(34-69-49(6,7)8)35-70-50(9,10)11)43(59)30-38(13-12-21-52-47(51)63)46(62)53-39-16-14-37(15-17-39)32-67-45(61)19-18-40-31-58(57-55-40)22-24-65-26-28-66-27-25-64-23-20-48(3,4)5/h14-17,31,36,38,42H,12-13,18-30,32-35H2,1-11H3,(H,53,62)(H,54,60)(H3,51,52,63)/t38-,42+/m1/s1. The molecule has 1 aromatic heterocycles. The van der Waals surface area contributed by atoms with Crippen molar-refractivity contribution < 1.29 is 47.8 Å². The molecule has 0 radical (unpaired) electrons. The van der Waals surface area contributed by atoms with Crippen molar-refractivity contribution in [3.63, 3.8) is 0 Å². The third-order valence-electron chi connectivity index (χ3n) is 10.0. The maximum atomic E-state index is 13.9. The number of esters is 1. The van der Waals surface area contributed by atoms with Crippen molar-refractivity contribution in [3.8, 4) is 0 Å². The SMILES string of the molecule is CC(C)C[C@H](NC(=O)CON=C(CSC(C)(C)C)CSC(C)(C)C)C(=O)C[C@@H](CCCNC(N)=O)C(=O)Nc1ccc(COC(=O)CCc2cn(CCOCCOCCOCCC(C)(C)C)nn2)cc1.